The van der Waals surface area contributed by atoms with E-state index in [1.54, 1.807) is 0 Å². The number of nitrogens with one attached hydrogen (secondary N) is 1. The van der Waals surface area contributed by atoms with Gasteiger partial charge in [0, 0.05) is 11.3 Å². The van der Waals surface area contributed by atoms with Gasteiger partial charge in [-0.25, -0.2) is 0 Å². The van der Waals surface area contributed by atoms with Crippen LogP contribution in [0.25, 0.3) is 0 Å². The van der Waals surface area contributed by atoms with Crippen LogP contribution in [-0.4, -0.2) is 15.3 Å². The second-order valence-electron chi connectivity index (χ2n) is 2.33. The topological polar surface area (TPSA) is 48.9 Å². The largest absolute Gasteiger partial charge is 0.435 e. The highest BCUT2D eigenvalue weighted by Crippen LogP contribution is 2.31. The quantitative estimate of drug-likeness (QED) is 0.682. The van der Waals surface area contributed by atoms with Crippen LogP contribution in [0.4, 0.5) is 13.2 Å². The predicted octanol–water partition coefficient (Wildman–Crippen LogP) is 1.23. The van der Waals surface area contributed by atoms with E-state index in [1.165, 1.54) is 6.92 Å². The zero-order valence-corrected chi connectivity index (χ0v) is 6.24. The van der Waals surface area contributed by atoms with Crippen LogP contribution >= 0.6 is 0 Å². The summed E-state index contributed by atoms with van der Waals surface area (Å²) in [5, 5.41) is 13.8. The average molecular weight is 180 g/mol. The van der Waals surface area contributed by atoms with Crippen molar-refractivity contribution in [3.05, 3.63) is 17.0 Å². The van der Waals surface area contributed by atoms with Gasteiger partial charge in [-0.05, 0) is 6.92 Å². The fourth-order valence-corrected chi connectivity index (χ4v) is 0.880. The lowest BCUT2D eigenvalue weighted by molar-refractivity contribution is -0.142. The summed E-state index contributed by atoms with van der Waals surface area (Å²) in [6.45, 7) is 0.769. The number of H-pyrrole nitrogens is 1. The molecular weight excluding hydrogens is 173 g/mol. The summed E-state index contributed by atoms with van der Waals surface area (Å²) < 4.78 is 36.2. The standard InChI is InChI=1S/C6H7F3N2O/c1-3-4(2-12)5(11-10-3)6(7,8)9/h12H,2H2,1H3,(H,10,11). The molecule has 0 amide bonds. The van der Waals surface area contributed by atoms with E-state index in [4.69, 9.17) is 5.11 Å². The summed E-state index contributed by atoms with van der Waals surface area (Å²) in [6, 6.07) is 0. The molecule has 0 atom stereocenters. The Kier molecular flexibility index (Phi) is 2.10. The van der Waals surface area contributed by atoms with Gasteiger partial charge in [-0.2, -0.15) is 18.3 Å². The summed E-state index contributed by atoms with van der Waals surface area (Å²) in [5.74, 6) is 0. The third kappa shape index (κ3) is 1.42. The van der Waals surface area contributed by atoms with Crippen LogP contribution in [0.5, 0.6) is 0 Å². The molecule has 0 aliphatic heterocycles. The Balaban J connectivity index is 3.16. The Morgan fingerprint density at radius 3 is 2.42 bits per heavy atom. The number of nitrogens with zero attached hydrogens (tertiary/aromatic N) is 1. The molecule has 0 radical (unpaired) electrons. The number of alkyl halides is 3. The van der Waals surface area contributed by atoms with Crippen molar-refractivity contribution in [2.45, 2.75) is 19.7 Å². The summed E-state index contributed by atoms with van der Waals surface area (Å²) in [5.41, 5.74) is -0.991. The number of hydrogen-bond acceptors (Lipinski definition) is 2. The van der Waals surface area contributed by atoms with Crippen LogP contribution in [-0.2, 0) is 12.8 Å². The molecule has 3 nitrogen and oxygen atoms in total. The van der Waals surface area contributed by atoms with Gasteiger partial charge < -0.3 is 5.11 Å². The van der Waals surface area contributed by atoms with Gasteiger partial charge in [0.1, 0.15) is 0 Å². The van der Waals surface area contributed by atoms with Crippen molar-refractivity contribution < 1.29 is 18.3 Å². The van der Waals surface area contributed by atoms with Gasteiger partial charge in [0.05, 0.1) is 6.61 Å². The highest BCUT2D eigenvalue weighted by atomic mass is 19.4. The number of aliphatic hydroxyl groups excluding tert-OH is 1. The maximum atomic E-state index is 12.1. The molecule has 0 aromatic carbocycles. The van der Waals surface area contributed by atoms with Gasteiger partial charge in [0.2, 0.25) is 0 Å². The van der Waals surface area contributed by atoms with E-state index in [0.29, 0.717) is 0 Å². The molecule has 0 saturated heterocycles. The first kappa shape index (κ1) is 9.05. The normalized spacial score (nSPS) is 12.1. The van der Waals surface area contributed by atoms with Gasteiger partial charge in [-0.3, -0.25) is 5.10 Å². The molecule has 2 N–H and O–H groups in total. The number of hydrogen-bond donors (Lipinski definition) is 2. The van der Waals surface area contributed by atoms with Crippen molar-refractivity contribution in [1.29, 1.82) is 0 Å². The lowest BCUT2D eigenvalue weighted by Crippen LogP contribution is -2.09. The average Bonchev–Trinajstić information content (AvgIpc) is 2.29. The first-order chi connectivity index (χ1) is 5.46. The number of aryl methyl sites for hydroxylation is 1. The fraction of sp³-hybridized carbons (Fsp3) is 0.500. The molecule has 0 bridgehead atoms. The zero-order valence-electron chi connectivity index (χ0n) is 6.24. The highest BCUT2D eigenvalue weighted by molar-refractivity contribution is 5.25. The molecule has 0 fully saturated rings. The first-order valence-electron chi connectivity index (χ1n) is 3.18. The SMILES string of the molecule is Cc1[nH]nc(C(F)(F)F)c1CO. The minimum Gasteiger partial charge on any atom is -0.392 e. The third-order valence-electron chi connectivity index (χ3n) is 1.50. The van der Waals surface area contributed by atoms with E-state index in [9.17, 15) is 13.2 Å². The Labute approximate surface area is 66.2 Å². The predicted molar refractivity (Wildman–Crippen MR) is 34.2 cm³/mol. The van der Waals surface area contributed by atoms with Gasteiger partial charge in [-0.15, -0.1) is 0 Å². The number of halogens is 3. The maximum Gasteiger partial charge on any atom is 0.435 e. The monoisotopic (exact) mass is 180 g/mol. The smallest absolute Gasteiger partial charge is 0.392 e. The highest BCUT2D eigenvalue weighted by Gasteiger charge is 2.36. The maximum absolute atomic E-state index is 12.1. The summed E-state index contributed by atoms with van der Waals surface area (Å²) >= 11 is 0. The van der Waals surface area contributed by atoms with E-state index >= 15 is 0 Å². The molecule has 0 spiro atoms. The van der Waals surface area contributed by atoms with Gasteiger partial charge >= 0.3 is 6.18 Å². The van der Waals surface area contributed by atoms with Crippen molar-refractivity contribution in [3.8, 4) is 0 Å². The van der Waals surface area contributed by atoms with E-state index in [-0.39, 0.29) is 11.3 Å². The number of aromatic nitrogens is 2. The first-order valence-corrected chi connectivity index (χ1v) is 3.18. The molecule has 1 heterocycles. The van der Waals surface area contributed by atoms with Gasteiger partial charge in [0.15, 0.2) is 5.69 Å². The van der Waals surface area contributed by atoms with Gasteiger partial charge in [-0.1, -0.05) is 0 Å². The summed E-state index contributed by atoms with van der Waals surface area (Å²) in [6.07, 6.45) is -4.50. The summed E-state index contributed by atoms with van der Waals surface area (Å²) in [7, 11) is 0. The Morgan fingerprint density at radius 1 is 1.50 bits per heavy atom. The molecule has 0 aliphatic rings. The molecule has 1 rings (SSSR count). The van der Waals surface area contributed by atoms with Crippen molar-refractivity contribution in [2.24, 2.45) is 0 Å². The van der Waals surface area contributed by atoms with Crippen molar-refractivity contribution in [3.63, 3.8) is 0 Å². The minimum atomic E-state index is -4.50. The molecular formula is C6H7F3N2O. The van der Waals surface area contributed by atoms with Crippen LogP contribution in [0.2, 0.25) is 0 Å². The molecule has 68 valence electrons. The van der Waals surface area contributed by atoms with Crippen molar-refractivity contribution >= 4 is 0 Å². The number of aliphatic hydroxyl groups is 1. The fourth-order valence-electron chi connectivity index (χ4n) is 0.880. The minimum absolute atomic E-state index is 0.192. The zero-order chi connectivity index (χ0) is 9.35. The molecule has 0 aliphatic carbocycles. The van der Waals surface area contributed by atoms with E-state index in [2.05, 4.69) is 10.2 Å². The van der Waals surface area contributed by atoms with Gasteiger partial charge in [0.25, 0.3) is 0 Å². The lowest BCUT2D eigenvalue weighted by Gasteiger charge is -2.03. The molecule has 6 heteroatoms. The molecule has 1 aromatic heterocycles. The Morgan fingerprint density at radius 2 is 2.08 bits per heavy atom. The lowest BCUT2D eigenvalue weighted by atomic mass is 10.2. The third-order valence-corrected chi connectivity index (χ3v) is 1.50. The Bertz CT molecular complexity index is 279. The van der Waals surface area contributed by atoms with Crippen LogP contribution in [0.15, 0.2) is 0 Å². The Hall–Kier alpha value is -1.04. The van der Waals surface area contributed by atoms with E-state index in [1.807, 2.05) is 0 Å². The number of aromatic amines is 1. The van der Waals surface area contributed by atoms with Crippen LogP contribution in [0.3, 0.4) is 0 Å². The second-order valence-corrected chi connectivity index (χ2v) is 2.33. The van der Waals surface area contributed by atoms with Crippen LogP contribution in [0, 0.1) is 6.92 Å². The number of rotatable bonds is 1. The molecule has 1 aromatic rings. The van der Waals surface area contributed by atoms with Crippen LogP contribution < -0.4 is 0 Å². The second kappa shape index (κ2) is 2.78. The van der Waals surface area contributed by atoms with E-state index in [0.717, 1.165) is 0 Å². The van der Waals surface area contributed by atoms with Crippen molar-refractivity contribution in [1.82, 2.24) is 10.2 Å². The molecule has 12 heavy (non-hydrogen) atoms. The van der Waals surface area contributed by atoms with E-state index < -0.39 is 18.5 Å². The summed E-state index contributed by atoms with van der Waals surface area (Å²) in [4.78, 5) is 0. The molecule has 0 saturated carbocycles. The van der Waals surface area contributed by atoms with Crippen molar-refractivity contribution in [2.75, 3.05) is 0 Å². The molecule has 0 unspecified atom stereocenters. The van der Waals surface area contributed by atoms with Crippen LogP contribution in [0.1, 0.15) is 17.0 Å².